The van der Waals surface area contributed by atoms with E-state index in [2.05, 4.69) is 10.6 Å². The molecule has 0 unspecified atom stereocenters. The van der Waals surface area contributed by atoms with Crippen molar-refractivity contribution in [2.24, 2.45) is 0 Å². The average Bonchev–Trinajstić information content (AvgIpc) is 2.62. The first kappa shape index (κ1) is 17.7. The van der Waals surface area contributed by atoms with Crippen LogP contribution in [0.5, 0.6) is 0 Å². The first-order valence-corrected chi connectivity index (χ1v) is 9.24. The summed E-state index contributed by atoms with van der Waals surface area (Å²) < 4.78 is 13.3. The smallest absolute Gasteiger partial charge is 0.315 e. The van der Waals surface area contributed by atoms with Crippen molar-refractivity contribution in [2.75, 3.05) is 13.1 Å². The van der Waals surface area contributed by atoms with Crippen LogP contribution in [0.4, 0.5) is 9.18 Å². The Balaban J connectivity index is 1.43. The topological polar surface area (TPSA) is 61.4 Å². The molecule has 25 heavy (non-hydrogen) atoms. The highest BCUT2D eigenvalue weighted by molar-refractivity contribution is 5.94. The fourth-order valence-electron chi connectivity index (χ4n) is 3.69. The molecule has 2 fully saturated rings. The fraction of sp³-hybridized carbons (Fsp3) is 0.579. The van der Waals surface area contributed by atoms with E-state index >= 15 is 0 Å². The van der Waals surface area contributed by atoms with Crippen molar-refractivity contribution >= 4 is 11.9 Å². The van der Waals surface area contributed by atoms with Crippen molar-refractivity contribution in [1.82, 2.24) is 15.5 Å². The Bertz CT molecular complexity index is 608. The van der Waals surface area contributed by atoms with Crippen LogP contribution in [0.1, 0.15) is 55.3 Å². The molecular formula is C19H26FN3O2. The lowest BCUT2D eigenvalue weighted by Crippen LogP contribution is -2.51. The first-order valence-electron chi connectivity index (χ1n) is 9.24. The molecule has 5 nitrogen and oxygen atoms in total. The van der Waals surface area contributed by atoms with Gasteiger partial charge in [-0.3, -0.25) is 4.79 Å². The molecule has 1 aromatic carbocycles. The predicted molar refractivity (Wildman–Crippen MR) is 93.9 cm³/mol. The Labute approximate surface area is 148 Å². The number of hydrogen-bond acceptors (Lipinski definition) is 2. The Morgan fingerprint density at radius 2 is 1.60 bits per heavy atom. The SMILES string of the molecule is O=C(NC1CCCCC1)NC1CCN(C(=O)c2cccc(F)c2)CC1. The third kappa shape index (κ3) is 4.94. The molecule has 1 saturated heterocycles. The second-order valence-electron chi connectivity index (χ2n) is 7.03. The maximum absolute atomic E-state index is 13.3. The monoisotopic (exact) mass is 347 g/mol. The van der Waals surface area contributed by atoms with Crippen LogP contribution >= 0.6 is 0 Å². The van der Waals surface area contributed by atoms with Gasteiger partial charge in [0.05, 0.1) is 0 Å². The number of likely N-dealkylation sites (tertiary alicyclic amines) is 1. The summed E-state index contributed by atoms with van der Waals surface area (Å²) in [4.78, 5) is 26.2. The molecule has 0 bridgehead atoms. The van der Waals surface area contributed by atoms with Crippen LogP contribution in [-0.4, -0.2) is 42.0 Å². The van der Waals surface area contributed by atoms with Gasteiger partial charge in [-0.25, -0.2) is 9.18 Å². The summed E-state index contributed by atoms with van der Waals surface area (Å²) in [5.74, 6) is -0.550. The summed E-state index contributed by atoms with van der Waals surface area (Å²) in [6.07, 6.45) is 7.20. The minimum absolute atomic E-state index is 0.0835. The first-order chi connectivity index (χ1) is 12.1. The van der Waals surface area contributed by atoms with Crippen molar-refractivity contribution in [3.8, 4) is 0 Å². The lowest BCUT2D eigenvalue weighted by Gasteiger charge is -2.33. The molecule has 2 aliphatic rings. The molecule has 2 N–H and O–H groups in total. The molecule has 0 spiro atoms. The molecule has 136 valence electrons. The zero-order valence-corrected chi connectivity index (χ0v) is 14.5. The second kappa shape index (κ2) is 8.32. The Morgan fingerprint density at radius 1 is 0.960 bits per heavy atom. The summed E-state index contributed by atoms with van der Waals surface area (Å²) in [5.41, 5.74) is 0.376. The molecule has 1 heterocycles. The number of nitrogens with one attached hydrogen (secondary N) is 2. The largest absolute Gasteiger partial charge is 0.338 e. The predicted octanol–water partition coefficient (Wildman–Crippen LogP) is 3.06. The molecule has 0 atom stereocenters. The minimum Gasteiger partial charge on any atom is -0.338 e. The molecule has 0 radical (unpaired) electrons. The summed E-state index contributed by atoms with van der Waals surface area (Å²) in [6.45, 7) is 1.15. The number of carbonyl (C=O) groups is 2. The lowest BCUT2D eigenvalue weighted by molar-refractivity contribution is 0.0707. The number of hydrogen-bond donors (Lipinski definition) is 2. The summed E-state index contributed by atoms with van der Waals surface area (Å²) in [5, 5.41) is 6.09. The van der Waals surface area contributed by atoms with Crippen LogP contribution < -0.4 is 10.6 Å². The standard InChI is InChI=1S/C19H26FN3O2/c20-15-6-4-5-14(13-15)18(24)23-11-9-17(10-12-23)22-19(25)21-16-7-2-1-3-8-16/h4-6,13,16-17H,1-3,7-12H2,(H2,21,22,25). The lowest BCUT2D eigenvalue weighted by atomic mass is 9.96. The number of benzene rings is 1. The van der Waals surface area contributed by atoms with E-state index in [4.69, 9.17) is 0 Å². The zero-order valence-electron chi connectivity index (χ0n) is 14.5. The number of amides is 3. The maximum atomic E-state index is 13.3. The van der Waals surface area contributed by atoms with Gasteiger partial charge < -0.3 is 15.5 Å². The van der Waals surface area contributed by atoms with E-state index in [1.54, 1.807) is 17.0 Å². The minimum atomic E-state index is -0.401. The highest BCUT2D eigenvalue weighted by atomic mass is 19.1. The zero-order chi connectivity index (χ0) is 17.6. The number of urea groups is 1. The molecule has 1 saturated carbocycles. The van der Waals surface area contributed by atoms with Crippen molar-refractivity contribution in [1.29, 1.82) is 0 Å². The van der Waals surface area contributed by atoms with Gasteiger partial charge >= 0.3 is 6.03 Å². The van der Waals surface area contributed by atoms with Crippen molar-refractivity contribution < 1.29 is 14.0 Å². The van der Waals surface area contributed by atoms with Gasteiger partial charge in [-0.1, -0.05) is 25.3 Å². The van der Waals surface area contributed by atoms with E-state index in [1.807, 2.05) is 0 Å². The van der Waals surface area contributed by atoms with Crippen molar-refractivity contribution in [3.63, 3.8) is 0 Å². The van der Waals surface area contributed by atoms with Crippen LogP contribution in [0.3, 0.4) is 0 Å². The molecule has 1 aromatic rings. The Hall–Kier alpha value is -2.11. The summed E-state index contributed by atoms with van der Waals surface area (Å²) >= 11 is 0. The van der Waals surface area contributed by atoms with Crippen molar-refractivity contribution in [2.45, 2.75) is 57.0 Å². The molecule has 1 aliphatic heterocycles. The van der Waals surface area contributed by atoms with E-state index in [0.717, 1.165) is 25.7 Å². The second-order valence-corrected chi connectivity index (χ2v) is 7.03. The summed E-state index contributed by atoms with van der Waals surface area (Å²) in [7, 11) is 0. The third-order valence-electron chi connectivity index (χ3n) is 5.13. The molecule has 0 aromatic heterocycles. The fourth-order valence-corrected chi connectivity index (χ4v) is 3.69. The quantitative estimate of drug-likeness (QED) is 0.883. The van der Waals surface area contributed by atoms with Gasteiger partial charge in [0.1, 0.15) is 5.82 Å². The summed E-state index contributed by atoms with van der Waals surface area (Å²) in [6, 6.07) is 6.06. The van der Waals surface area contributed by atoms with E-state index < -0.39 is 5.82 Å². The average molecular weight is 347 g/mol. The Kier molecular flexibility index (Phi) is 5.89. The van der Waals surface area contributed by atoms with Gasteiger partial charge in [0, 0.05) is 30.7 Å². The normalized spacial score (nSPS) is 19.5. The molecule has 3 amide bonds. The van der Waals surface area contributed by atoms with Crippen LogP contribution in [0, 0.1) is 5.82 Å². The molecule has 1 aliphatic carbocycles. The number of halogens is 1. The van der Waals surface area contributed by atoms with Crippen molar-refractivity contribution in [3.05, 3.63) is 35.6 Å². The highest BCUT2D eigenvalue weighted by Crippen LogP contribution is 2.18. The van der Waals surface area contributed by atoms with E-state index in [-0.39, 0.29) is 18.0 Å². The van der Waals surface area contributed by atoms with Gasteiger partial charge in [-0.05, 0) is 43.9 Å². The molecular weight excluding hydrogens is 321 g/mol. The van der Waals surface area contributed by atoms with E-state index in [9.17, 15) is 14.0 Å². The van der Waals surface area contributed by atoms with Crippen LogP contribution in [0.15, 0.2) is 24.3 Å². The van der Waals surface area contributed by atoms with Crippen LogP contribution in [0.2, 0.25) is 0 Å². The number of nitrogens with zero attached hydrogens (tertiary/aromatic N) is 1. The Morgan fingerprint density at radius 3 is 2.24 bits per heavy atom. The van der Waals surface area contributed by atoms with Gasteiger partial charge in [-0.2, -0.15) is 0 Å². The van der Waals surface area contributed by atoms with E-state index in [0.29, 0.717) is 24.7 Å². The highest BCUT2D eigenvalue weighted by Gasteiger charge is 2.25. The van der Waals surface area contributed by atoms with Gasteiger partial charge in [0.2, 0.25) is 0 Å². The van der Waals surface area contributed by atoms with Gasteiger partial charge in [-0.15, -0.1) is 0 Å². The van der Waals surface area contributed by atoms with Crippen LogP contribution in [0.25, 0.3) is 0 Å². The van der Waals surface area contributed by atoms with Crippen LogP contribution in [-0.2, 0) is 0 Å². The molecule has 6 heteroatoms. The number of piperidine rings is 1. The third-order valence-corrected chi connectivity index (χ3v) is 5.13. The van der Waals surface area contributed by atoms with E-state index in [1.165, 1.54) is 31.4 Å². The number of carbonyl (C=O) groups excluding carboxylic acids is 2. The molecule has 3 rings (SSSR count). The maximum Gasteiger partial charge on any atom is 0.315 e. The van der Waals surface area contributed by atoms with Gasteiger partial charge in [0.25, 0.3) is 5.91 Å². The number of rotatable bonds is 3. The van der Waals surface area contributed by atoms with Gasteiger partial charge in [0.15, 0.2) is 0 Å².